The molecule has 0 bridgehead atoms. The molecule has 1 aromatic rings. The SMILES string of the molecule is O=C(C1CCCNC1)N1CCCCCC1c1ccccc1. The van der Waals surface area contributed by atoms with E-state index in [2.05, 4.69) is 40.5 Å². The zero-order chi connectivity index (χ0) is 14.5. The van der Waals surface area contributed by atoms with E-state index in [0.29, 0.717) is 5.91 Å². The van der Waals surface area contributed by atoms with Crippen molar-refractivity contribution in [3.63, 3.8) is 0 Å². The van der Waals surface area contributed by atoms with Crippen LogP contribution in [0.4, 0.5) is 0 Å². The van der Waals surface area contributed by atoms with Crippen LogP contribution >= 0.6 is 0 Å². The highest BCUT2D eigenvalue weighted by atomic mass is 16.2. The Kier molecular flexibility index (Phi) is 4.91. The normalized spacial score (nSPS) is 27.1. The highest BCUT2D eigenvalue weighted by Gasteiger charge is 2.31. The topological polar surface area (TPSA) is 32.3 Å². The number of nitrogens with zero attached hydrogens (tertiary/aromatic N) is 1. The zero-order valence-electron chi connectivity index (χ0n) is 12.8. The number of likely N-dealkylation sites (tertiary alicyclic amines) is 1. The Labute approximate surface area is 127 Å². The molecule has 3 heteroatoms. The first-order chi connectivity index (χ1) is 10.4. The molecule has 2 aliphatic rings. The van der Waals surface area contributed by atoms with Gasteiger partial charge in [-0.1, -0.05) is 43.2 Å². The van der Waals surface area contributed by atoms with Gasteiger partial charge in [0.2, 0.25) is 5.91 Å². The number of nitrogens with one attached hydrogen (secondary N) is 1. The van der Waals surface area contributed by atoms with Gasteiger partial charge in [0.1, 0.15) is 0 Å². The standard InChI is InChI=1S/C18H26N2O/c21-18(16-10-7-12-19-14-16)20-13-6-2-5-11-17(20)15-8-3-1-4-9-15/h1,3-4,8-9,16-17,19H,2,5-7,10-14H2. The van der Waals surface area contributed by atoms with Crippen molar-refractivity contribution in [2.24, 2.45) is 5.92 Å². The maximum Gasteiger partial charge on any atom is 0.227 e. The third-order valence-corrected chi connectivity index (χ3v) is 4.87. The molecule has 2 saturated heterocycles. The minimum Gasteiger partial charge on any atom is -0.335 e. The lowest BCUT2D eigenvalue weighted by atomic mass is 9.95. The smallest absolute Gasteiger partial charge is 0.227 e. The Bertz CT molecular complexity index is 454. The van der Waals surface area contributed by atoms with Gasteiger partial charge in [-0.15, -0.1) is 0 Å². The van der Waals surface area contributed by atoms with Crippen LogP contribution in [-0.4, -0.2) is 30.4 Å². The fraction of sp³-hybridized carbons (Fsp3) is 0.611. The molecule has 0 aliphatic carbocycles. The summed E-state index contributed by atoms with van der Waals surface area (Å²) in [7, 11) is 0. The molecular formula is C18H26N2O. The van der Waals surface area contributed by atoms with E-state index in [1.165, 1.54) is 18.4 Å². The molecule has 1 aromatic carbocycles. The lowest BCUT2D eigenvalue weighted by Gasteiger charge is -2.35. The predicted molar refractivity (Wildman–Crippen MR) is 85.0 cm³/mol. The highest BCUT2D eigenvalue weighted by molar-refractivity contribution is 5.79. The van der Waals surface area contributed by atoms with E-state index >= 15 is 0 Å². The number of rotatable bonds is 2. The average molecular weight is 286 g/mol. The first-order valence-electron chi connectivity index (χ1n) is 8.42. The molecule has 2 unspecified atom stereocenters. The van der Waals surface area contributed by atoms with Crippen molar-refractivity contribution in [2.45, 2.75) is 44.6 Å². The number of benzene rings is 1. The summed E-state index contributed by atoms with van der Waals surface area (Å²) in [6.45, 7) is 2.84. The molecule has 21 heavy (non-hydrogen) atoms. The van der Waals surface area contributed by atoms with Crippen LogP contribution in [0.3, 0.4) is 0 Å². The maximum atomic E-state index is 13.0. The number of hydrogen-bond acceptors (Lipinski definition) is 2. The van der Waals surface area contributed by atoms with Crippen LogP contribution in [0, 0.1) is 5.92 Å². The summed E-state index contributed by atoms with van der Waals surface area (Å²) >= 11 is 0. The lowest BCUT2D eigenvalue weighted by Crippen LogP contribution is -2.44. The molecule has 2 heterocycles. The van der Waals surface area contributed by atoms with Crippen molar-refractivity contribution in [3.05, 3.63) is 35.9 Å². The quantitative estimate of drug-likeness (QED) is 0.906. The molecule has 2 fully saturated rings. The molecule has 3 rings (SSSR count). The van der Waals surface area contributed by atoms with Crippen LogP contribution in [0.25, 0.3) is 0 Å². The number of hydrogen-bond donors (Lipinski definition) is 1. The van der Waals surface area contributed by atoms with Gasteiger partial charge in [0.05, 0.1) is 12.0 Å². The lowest BCUT2D eigenvalue weighted by molar-refractivity contribution is -0.138. The van der Waals surface area contributed by atoms with E-state index in [4.69, 9.17) is 0 Å². The summed E-state index contributed by atoms with van der Waals surface area (Å²) in [5.74, 6) is 0.556. The van der Waals surface area contributed by atoms with Gasteiger partial charge in [-0.3, -0.25) is 4.79 Å². The minimum absolute atomic E-state index is 0.183. The molecule has 0 radical (unpaired) electrons. The summed E-state index contributed by atoms with van der Waals surface area (Å²) in [4.78, 5) is 15.2. The summed E-state index contributed by atoms with van der Waals surface area (Å²) < 4.78 is 0. The molecular weight excluding hydrogens is 260 g/mol. The van der Waals surface area contributed by atoms with Crippen LogP contribution in [0.1, 0.15) is 50.1 Å². The van der Waals surface area contributed by atoms with E-state index in [9.17, 15) is 4.79 Å². The van der Waals surface area contributed by atoms with Gasteiger partial charge in [-0.2, -0.15) is 0 Å². The fourth-order valence-corrected chi connectivity index (χ4v) is 3.69. The highest BCUT2D eigenvalue weighted by Crippen LogP contribution is 2.32. The second kappa shape index (κ2) is 7.08. The van der Waals surface area contributed by atoms with E-state index in [1.54, 1.807) is 0 Å². The van der Waals surface area contributed by atoms with Gasteiger partial charge in [-0.25, -0.2) is 0 Å². The molecule has 1 amide bonds. The number of carbonyl (C=O) groups excluding carboxylic acids is 1. The predicted octanol–water partition coefficient (Wildman–Crippen LogP) is 3.13. The molecule has 2 atom stereocenters. The molecule has 0 spiro atoms. The Morgan fingerprint density at radius 1 is 1.05 bits per heavy atom. The van der Waals surface area contributed by atoms with Gasteiger partial charge in [0.15, 0.2) is 0 Å². The summed E-state index contributed by atoms with van der Waals surface area (Å²) in [5.41, 5.74) is 1.30. The van der Waals surface area contributed by atoms with Crippen molar-refractivity contribution in [1.29, 1.82) is 0 Å². The Balaban J connectivity index is 1.79. The van der Waals surface area contributed by atoms with E-state index in [0.717, 1.165) is 45.3 Å². The van der Waals surface area contributed by atoms with E-state index in [-0.39, 0.29) is 12.0 Å². The number of amides is 1. The number of carbonyl (C=O) groups is 1. The average Bonchev–Trinajstić information content (AvgIpc) is 2.81. The largest absolute Gasteiger partial charge is 0.335 e. The first kappa shape index (κ1) is 14.6. The van der Waals surface area contributed by atoms with Crippen molar-refractivity contribution in [1.82, 2.24) is 10.2 Å². The van der Waals surface area contributed by atoms with Crippen molar-refractivity contribution in [2.75, 3.05) is 19.6 Å². The maximum absolute atomic E-state index is 13.0. The Morgan fingerprint density at radius 2 is 1.90 bits per heavy atom. The Morgan fingerprint density at radius 3 is 2.67 bits per heavy atom. The monoisotopic (exact) mass is 286 g/mol. The van der Waals surface area contributed by atoms with Crippen LogP contribution in [0.15, 0.2) is 30.3 Å². The molecule has 114 valence electrons. The number of piperidine rings is 1. The summed E-state index contributed by atoms with van der Waals surface area (Å²) in [6, 6.07) is 10.9. The third kappa shape index (κ3) is 3.46. The first-order valence-corrected chi connectivity index (χ1v) is 8.42. The van der Waals surface area contributed by atoms with E-state index < -0.39 is 0 Å². The van der Waals surface area contributed by atoms with Crippen molar-refractivity contribution >= 4 is 5.91 Å². The third-order valence-electron chi connectivity index (χ3n) is 4.87. The molecule has 1 N–H and O–H groups in total. The van der Waals surface area contributed by atoms with Crippen LogP contribution < -0.4 is 5.32 Å². The van der Waals surface area contributed by atoms with Gasteiger partial charge < -0.3 is 10.2 Å². The summed E-state index contributed by atoms with van der Waals surface area (Å²) in [5, 5.41) is 3.38. The van der Waals surface area contributed by atoms with Gasteiger partial charge in [0, 0.05) is 13.1 Å². The molecule has 3 nitrogen and oxygen atoms in total. The van der Waals surface area contributed by atoms with Crippen LogP contribution in [-0.2, 0) is 4.79 Å². The summed E-state index contributed by atoms with van der Waals surface area (Å²) in [6.07, 6.45) is 6.90. The van der Waals surface area contributed by atoms with Crippen LogP contribution in [0.2, 0.25) is 0 Å². The Hall–Kier alpha value is -1.35. The molecule has 0 saturated carbocycles. The van der Waals surface area contributed by atoms with Crippen LogP contribution in [0.5, 0.6) is 0 Å². The van der Waals surface area contributed by atoms with Crippen molar-refractivity contribution < 1.29 is 4.79 Å². The fourth-order valence-electron chi connectivity index (χ4n) is 3.69. The van der Waals surface area contributed by atoms with E-state index in [1.807, 2.05) is 0 Å². The van der Waals surface area contributed by atoms with Gasteiger partial charge in [-0.05, 0) is 37.8 Å². The molecule has 2 aliphatic heterocycles. The van der Waals surface area contributed by atoms with Gasteiger partial charge >= 0.3 is 0 Å². The zero-order valence-corrected chi connectivity index (χ0v) is 12.8. The second-order valence-corrected chi connectivity index (χ2v) is 6.35. The van der Waals surface area contributed by atoms with Gasteiger partial charge in [0.25, 0.3) is 0 Å². The molecule has 0 aromatic heterocycles. The van der Waals surface area contributed by atoms with Crippen molar-refractivity contribution in [3.8, 4) is 0 Å². The second-order valence-electron chi connectivity index (χ2n) is 6.35. The minimum atomic E-state index is 0.183.